The number of benzene rings is 2. The number of nitrogens with zero attached hydrogens (tertiary/aromatic N) is 2. The molecule has 1 aromatic heterocycles. The highest BCUT2D eigenvalue weighted by Gasteiger charge is 2.29. The van der Waals surface area contributed by atoms with Gasteiger partial charge in [0.15, 0.2) is 6.10 Å². The lowest BCUT2D eigenvalue weighted by molar-refractivity contribution is -0.127. The van der Waals surface area contributed by atoms with Gasteiger partial charge in [0.2, 0.25) is 0 Å². The van der Waals surface area contributed by atoms with Crippen LogP contribution in [0.15, 0.2) is 30.3 Å². The molecule has 1 amide bonds. The highest BCUT2D eigenvalue weighted by Crippen LogP contribution is 2.31. The molecule has 140 valence electrons. The number of hydrogen-bond donors (Lipinski definition) is 1. The van der Waals surface area contributed by atoms with Crippen LogP contribution in [0.2, 0.25) is 0 Å². The first-order valence-corrected chi connectivity index (χ1v) is 9.00. The van der Waals surface area contributed by atoms with Crippen molar-refractivity contribution in [3.8, 4) is 11.5 Å². The van der Waals surface area contributed by atoms with Crippen LogP contribution in [0.5, 0.6) is 11.5 Å². The van der Waals surface area contributed by atoms with Crippen LogP contribution in [0.4, 0.5) is 0 Å². The third kappa shape index (κ3) is 3.12. The molecule has 1 aliphatic heterocycles. The van der Waals surface area contributed by atoms with Crippen LogP contribution in [0.1, 0.15) is 22.5 Å². The van der Waals surface area contributed by atoms with Gasteiger partial charge >= 0.3 is 0 Å². The number of rotatable bonds is 4. The second-order valence-electron chi connectivity index (χ2n) is 7.01. The Morgan fingerprint density at radius 2 is 2.07 bits per heavy atom. The number of aryl methyl sites for hydroxylation is 3. The molecule has 1 N–H and O–H groups in total. The lowest BCUT2D eigenvalue weighted by Crippen LogP contribution is -2.37. The molecule has 2 aromatic carbocycles. The zero-order valence-electron chi connectivity index (χ0n) is 16.0. The van der Waals surface area contributed by atoms with Crippen molar-refractivity contribution < 1.29 is 14.3 Å². The van der Waals surface area contributed by atoms with E-state index in [1.54, 1.807) is 7.11 Å². The minimum Gasteiger partial charge on any atom is -0.497 e. The van der Waals surface area contributed by atoms with Gasteiger partial charge < -0.3 is 19.4 Å². The van der Waals surface area contributed by atoms with Crippen LogP contribution in [0.3, 0.4) is 0 Å². The van der Waals surface area contributed by atoms with Crippen molar-refractivity contribution >= 4 is 16.9 Å². The highest BCUT2D eigenvalue weighted by atomic mass is 16.5. The fourth-order valence-corrected chi connectivity index (χ4v) is 3.45. The monoisotopic (exact) mass is 365 g/mol. The van der Waals surface area contributed by atoms with Gasteiger partial charge in [-0.25, -0.2) is 4.98 Å². The van der Waals surface area contributed by atoms with Crippen molar-refractivity contribution in [2.75, 3.05) is 7.11 Å². The number of methoxy groups -OCH3 is 1. The summed E-state index contributed by atoms with van der Waals surface area (Å²) in [6.07, 6.45) is 0.109. The van der Waals surface area contributed by atoms with E-state index < -0.39 is 6.10 Å². The fraction of sp³-hybridized carbons (Fsp3) is 0.333. The SMILES string of the molecule is COc1ccc2c(c1)nc(CNC(=O)C1Cc3cc(C)c(C)cc3O1)n2C. The van der Waals surface area contributed by atoms with Crippen LogP contribution in [0, 0.1) is 13.8 Å². The zero-order chi connectivity index (χ0) is 19.1. The molecule has 0 aliphatic carbocycles. The summed E-state index contributed by atoms with van der Waals surface area (Å²) in [7, 11) is 3.57. The Kier molecular flexibility index (Phi) is 4.26. The first kappa shape index (κ1) is 17.4. The molecule has 27 heavy (non-hydrogen) atoms. The van der Waals surface area contributed by atoms with Crippen LogP contribution in [-0.2, 0) is 24.8 Å². The molecule has 1 atom stereocenters. The van der Waals surface area contributed by atoms with E-state index in [-0.39, 0.29) is 5.91 Å². The Hall–Kier alpha value is -3.02. The van der Waals surface area contributed by atoms with Crippen molar-refractivity contribution in [1.82, 2.24) is 14.9 Å². The summed E-state index contributed by atoms with van der Waals surface area (Å²) in [5, 5.41) is 2.96. The molecule has 0 spiro atoms. The van der Waals surface area contributed by atoms with E-state index in [2.05, 4.69) is 23.3 Å². The van der Waals surface area contributed by atoms with Gasteiger partial charge in [-0.1, -0.05) is 6.07 Å². The smallest absolute Gasteiger partial charge is 0.261 e. The van der Waals surface area contributed by atoms with Gasteiger partial charge in [0.05, 0.1) is 24.7 Å². The number of carbonyl (C=O) groups excluding carboxylic acids is 1. The number of amides is 1. The van der Waals surface area contributed by atoms with Crippen LogP contribution < -0.4 is 14.8 Å². The van der Waals surface area contributed by atoms with Gasteiger partial charge in [0.1, 0.15) is 17.3 Å². The number of fused-ring (bicyclic) bond motifs is 2. The number of carbonyl (C=O) groups is 1. The maximum absolute atomic E-state index is 12.6. The lowest BCUT2D eigenvalue weighted by Gasteiger charge is -2.11. The maximum Gasteiger partial charge on any atom is 0.261 e. The summed E-state index contributed by atoms with van der Waals surface area (Å²) in [6, 6.07) is 9.88. The molecule has 3 aromatic rings. The minimum absolute atomic E-state index is 0.119. The van der Waals surface area contributed by atoms with Gasteiger partial charge in [-0.05, 0) is 48.7 Å². The first-order valence-electron chi connectivity index (χ1n) is 9.00. The van der Waals surface area contributed by atoms with Gasteiger partial charge in [-0.3, -0.25) is 4.79 Å². The van der Waals surface area contributed by atoms with Crippen LogP contribution in [-0.4, -0.2) is 28.7 Å². The molecular formula is C21H23N3O3. The topological polar surface area (TPSA) is 65.4 Å². The van der Waals surface area contributed by atoms with E-state index in [1.807, 2.05) is 42.8 Å². The Labute approximate surface area is 158 Å². The van der Waals surface area contributed by atoms with Gasteiger partial charge in [-0.15, -0.1) is 0 Å². The molecule has 0 saturated heterocycles. The number of nitrogens with one attached hydrogen (secondary N) is 1. The lowest BCUT2D eigenvalue weighted by atomic mass is 10.0. The van der Waals surface area contributed by atoms with E-state index in [4.69, 9.17) is 9.47 Å². The van der Waals surface area contributed by atoms with Crippen molar-refractivity contribution in [3.05, 3.63) is 52.8 Å². The molecule has 6 heteroatoms. The summed E-state index contributed by atoms with van der Waals surface area (Å²) in [6.45, 7) is 4.47. The maximum atomic E-state index is 12.6. The summed E-state index contributed by atoms with van der Waals surface area (Å²) in [5.41, 5.74) is 5.32. The average Bonchev–Trinajstić information content (AvgIpc) is 3.20. The largest absolute Gasteiger partial charge is 0.497 e. The molecule has 1 unspecified atom stereocenters. The Morgan fingerprint density at radius 3 is 2.85 bits per heavy atom. The quantitative estimate of drug-likeness (QED) is 0.772. The molecule has 0 bridgehead atoms. The molecule has 1 aliphatic rings. The molecule has 2 heterocycles. The van der Waals surface area contributed by atoms with E-state index >= 15 is 0 Å². The molecule has 0 saturated carbocycles. The standard InChI is InChI=1S/C21H23N3O3/c1-12-7-14-9-19(27-18(14)8-13(12)2)21(25)22-11-20-23-16-10-15(26-4)5-6-17(16)24(20)3/h5-8,10,19H,9,11H2,1-4H3,(H,22,25). The Morgan fingerprint density at radius 1 is 1.30 bits per heavy atom. The van der Waals surface area contributed by atoms with E-state index in [9.17, 15) is 4.79 Å². The molecule has 4 rings (SSSR count). The Bertz CT molecular complexity index is 1010. The summed E-state index contributed by atoms with van der Waals surface area (Å²) in [4.78, 5) is 17.2. The van der Waals surface area contributed by atoms with Gasteiger partial charge in [0, 0.05) is 19.5 Å². The van der Waals surface area contributed by atoms with E-state index in [0.29, 0.717) is 13.0 Å². The van der Waals surface area contributed by atoms with Crippen molar-refractivity contribution in [2.45, 2.75) is 32.9 Å². The second-order valence-corrected chi connectivity index (χ2v) is 7.01. The van der Waals surface area contributed by atoms with Crippen molar-refractivity contribution in [2.24, 2.45) is 7.05 Å². The Balaban J connectivity index is 1.45. The molecule has 0 fully saturated rings. The zero-order valence-corrected chi connectivity index (χ0v) is 16.0. The summed E-state index contributed by atoms with van der Waals surface area (Å²) >= 11 is 0. The normalized spacial score (nSPS) is 15.5. The molecular weight excluding hydrogens is 342 g/mol. The molecule has 6 nitrogen and oxygen atoms in total. The predicted octanol–water partition coefficient (Wildman–Crippen LogP) is 2.82. The summed E-state index contributed by atoms with van der Waals surface area (Å²) < 4.78 is 13.1. The molecule has 0 radical (unpaired) electrons. The number of aromatic nitrogens is 2. The van der Waals surface area contributed by atoms with Crippen LogP contribution in [0.25, 0.3) is 11.0 Å². The third-order valence-electron chi connectivity index (χ3n) is 5.25. The van der Waals surface area contributed by atoms with Gasteiger partial charge in [-0.2, -0.15) is 0 Å². The van der Waals surface area contributed by atoms with Gasteiger partial charge in [0.25, 0.3) is 5.91 Å². The number of ether oxygens (including phenoxy) is 2. The first-order chi connectivity index (χ1) is 13.0. The average molecular weight is 365 g/mol. The number of imidazole rings is 1. The highest BCUT2D eigenvalue weighted by molar-refractivity contribution is 5.83. The van der Waals surface area contributed by atoms with E-state index in [1.165, 1.54) is 11.1 Å². The van der Waals surface area contributed by atoms with E-state index in [0.717, 1.165) is 33.9 Å². The van der Waals surface area contributed by atoms with Crippen molar-refractivity contribution in [3.63, 3.8) is 0 Å². The number of hydrogen-bond acceptors (Lipinski definition) is 4. The fourth-order valence-electron chi connectivity index (χ4n) is 3.45. The minimum atomic E-state index is -0.490. The summed E-state index contributed by atoms with van der Waals surface area (Å²) in [5.74, 6) is 2.24. The second kappa shape index (κ2) is 6.61. The predicted molar refractivity (Wildman–Crippen MR) is 103 cm³/mol. The van der Waals surface area contributed by atoms with Crippen molar-refractivity contribution in [1.29, 1.82) is 0 Å². The van der Waals surface area contributed by atoms with Crippen LogP contribution >= 0.6 is 0 Å². The third-order valence-corrected chi connectivity index (χ3v) is 5.25.